The second-order valence-corrected chi connectivity index (χ2v) is 7.80. The summed E-state index contributed by atoms with van der Waals surface area (Å²) in [6.07, 6.45) is 3.56. The molecule has 0 saturated carbocycles. The van der Waals surface area contributed by atoms with Crippen molar-refractivity contribution in [1.82, 2.24) is 10.2 Å². The Morgan fingerprint density at radius 1 is 1.17 bits per heavy atom. The predicted octanol–water partition coefficient (Wildman–Crippen LogP) is 3.53. The van der Waals surface area contributed by atoms with Gasteiger partial charge in [0.1, 0.15) is 5.75 Å². The highest BCUT2D eigenvalue weighted by molar-refractivity contribution is 5.47. The Hall–Kier alpha value is -1.06. The molecule has 0 bridgehead atoms. The Balaban J connectivity index is 2.05. The van der Waals surface area contributed by atoms with Crippen molar-refractivity contribution in [2.24, 2.45) is 0 Å². The number of nitrogens with zero attached hydrogens (tertiary/aromatic N) is 1. The highest BCUT2D eigenvalue weighted by Crippen LogP contribution is 2.35. The lowest BCUT2D eigenvalue weighted by atomic mass is 9.83. The highest BCUT2D eigenvalue weighted by Gasteiger charge is 2.21. The summed E-state index contributed by atoms with van der Waals surface area (Å²) in [5.41, 5.74) is 4.15. The molecule has 0 aromatic heterocycles. The Morgan fingerprint density at radius 3 is 2.65 bits per heavy atom. The molecule has 1 heterocycles. The quantitative estimate of drug-likeness (QED) is 0.899. The van der Waals surface area contributed by atoms with Gasteiger partial charge in [0.05, 0.1) is 7.11 Å². The van der Waals surface area contributed by atoms with E-state index < -0.39 is 0 Å². The van der Waals surface area contributed by atoms with Gasteiger partial charge in [0, 0.05) is 18.7 Å². The van der Waals surface area contributed by atoms with E-state index in [4.69, 9.17) is 4.74 Å². The minimum absolute atomic E-state index is 0.114. The fourth-order valence-electron chi connectivity index (χ4n) is 3.45. The van der Waals surface area contributed by atoms with Crippen LogP contribution in [0.1, 0.15) is 50.3 Å². The summed E-state index contributed by atoms with van der Waals surface area (Å²) in [7, 11) is 1.81. The van der Waals surface area contributed by atoms with Gasteiger partial charge in [0.15, 0.2) is 0 Å². The van der Waals surface area contributed by atoms with Gasteiger partial charge in [0.25, 0.3) is 0 Å². The summed E-state index contributed by atoms with van der Waals surface area (Å²) in [5, 5.41) is 3.47. The van der Waals surface area contributed by atoms with Crippen molar-refractivity contribution in [3.05, 3.63) is 28.8 Å². The van der Waals surface area contributed by atoms with E-state index in [9.17, 15) is 0 Å². The summed E-state index contributed by atoms with van der Waals surface area (Å²) in [5.74, 6) is 1.10. The second-order valence-electron chi connectivity index (χ2n) is 7.80. The molecule has 1 aromatic carbocycles. The molecule has 0 spiro atoms. The van der Waals surface area contributed by atoms with Crippen LogP contribution < -0.4 is 10.1 Å². The van der Waals surface area contributed by atoms with Crippen molar-refractivity contribution in [2.75, 3.05) is 39.8 Å². The minimum Gasteiger partial charge on any atom is -0.496 e. The number of hydrogen-bond acceptors (Lipinski definition) is 3. The van der Waals surface area contributed by atoms with E-state index in [1.54, 1.807) is 0 Å². The zero-order valence-corrected chi connectivity index (χ0v) is 15.7. The maximum absolute atomic E-state index is 5.80. The third-order valence-electron chi connectivity index (χ3n) is 4.68. The van der Waals surface area contributed by atoms with Crippen LogP contribution in [0.5, 0.6) is 5.75 Å². The number of ether oxygens (including phenoxy) is 1. The zero-order chi connectivity index (χ0) is 16.9. The first kappa shape index (κ1) is 18.3. The molecule has 130 valence electrons. The van der Waals surface area contributed by atoms with Gasteiger partial charge in [-0.2, -0.15) is 0 Å². The van der Waals surface area contributed by atoms with Gasteiger partial charge in [-0.3, -0.25) is 0 Å². The molecule has 2 rings (SSSR count). The average molecular weight is 319 g/mol. The van der Waals surface area contributed by atoms with Crippen LogP contribution in [-0.2, 0) is 11.8 Å². The SMILES string of the molecule is COc1c(CCCN2CCCNCC2)cc(C)cc1C(C)(C)C. The van der Waals surface area contributed by atoms with Crippen LogP contribution in [0.15, 0.2) is 12.1 Å². The van der Waals surface area contributed by atoms with Gasteiger partial charge >= 0.3 is 0 Å². The fraction of sp³-hybridized carbons (Fsp3) is 0.700. The molecule has 0 unspecified atom stereocenters. The lowest BCUT2D eigenvalue weighted by Crippen LogP contribution is -2.29. The standard InChI is InChI=1S/C20H34N2O/c1-16-14-17(19(23-5)18(15-16)20(2,3)4)8-6-11-22-12-7-9-21-10-13-22/h14-15,21H,6-13H2,1-5H3. The maximum atomic E-state index is 5.80. The molecule has 1 aliphatic heterocycles. The summed E-state index contributed by atoms with van der Waals surface area (Å²) < 4.78 is 5.80. The molecule has 1 saturated heterocycles. The van der Waals surface area contributed by atoms with E-state index >= 15 is 0 Å². The monoisotopic (exact) mass is 318 g/mol. The van der Waals surface area contributed by atoms with Crippen LogP contribution in [0.4, 0.5) is 0 Å². The molecule has 1 fully saturated rings. The van der Waals surface area contributed by atoms with E-state index in [1.807, 2.05) is 7.11 Å². The van der Waals surface area contributed by atoms with Crippen LogP contribution in [0.2, 0.25) is 0 Å². The van der Waals surface area contributed by atoms with Gasteiger partial charge in [-0.25, -0.2) is 0 Å². The van der Waals surface area contributed by atoms with Crippen molar-refractivity contribution < 1.29 is 4.74 Å². The number of benzene rings is 1. The molecule has 0 amide bonds. The van der Waals surface area contributed by atoms with Crippen molar-refractivity contribution in [3.63, 3.8) is 0 Å². The van der Waals surface area contributed by atoms with Crippen LogP contribution in [0, 0.1) is 6.92 Å². The van der Waals surface area contributed by atoms with Crippen molar-refractivity contribution in [1.29, 1.82) is 0 Å². The Labute approximate surface area is 142 Å². The molecule has 1 N–H and O–H groups in total. The Morgan fingerprint density at radius 2 is 1.96 bits per heavy atom. The summed E-state index contributed by atoms with van der Waals surface area (Å²) in [6.45, 7) is 14.9. The van der Waals surface area contributed by atoms with E-state index in [0.29, 0.717) is 0 Å². The smallest absolute Gasteiger partial charge is 0.125 e. The molecule has 0 aliphatic carbocycles. The van der Waals surface area contributed by atoms with Gasteiger partial charge in [0.2, 0.25) is 0 Å². The summed E-state index contributed by atoms with van der Waals surface area (Å²) in [6, 6.07) is 4.58. The molecule has 3 nitrogen and oxygen atoms in total. The Bertz CT molecular complexity index is 497. The molecular formula is C20H34N2O. The molecular weight excluding hydrogens is 284 g/mol. The third kappa shape index (κ3) is 5.22. The Kier molecular flexibility index (Phi) is 6.49. The van der Waals surface area contributed by atoms with Gasteiger partial charge in [-0.1, -0.05) is 38.5 Å². The lowest BCUT2D eigenvalue weighted by Gasteiger charge is -2.25. The number of nitrogens with one attached hydrogen (secondary N) is 1. The summed E-state index contributed by atoms with van der Waals surface area (Å²) >= 11 is 0. The molecule has 0 radical (unpaired) electrons. The number of methoxy groups -OCH3 is 1. The predicted molar refractivity (Wildman–Crippen MR) is 98.7 cm³/mol. The topological polar surface area (TPSA) is 24.5 Å². The first-order valence-corrected chi connectivity index (χ1v) is 9.03. The van der Waals surface area contributed by atoms with Gasteiger partial charge in [-0.15, -0.1) is 0 Å². The first-order chi connectivity index (χ1) is 10.9. The van der Waals surface area contributed by atoms with Crippen molar-refractivity contribution >= 4 is 0 Å². The molecule has 23 heavy (non-hydrogen) atoms. The highest BCUT2D eigenvalue weighted by atomic mass is 16.5. The van der Waals surface area contributed by atoms with E-state index in [0.717, 1.165) is 25.3 Å². The molecule has 0 atom stereocenters. The van der Waals surface area contributed by atoms with E-state index in [1.165, 1.54) is 49.2 Å². The van der Waals surface area contributed by atoms with Crippen LogP contribution >= 0.6 is 0 Å². The van der Waals surface area contributed by atoms with Crippen molar-refractivity contribution in [2.45, 2.75) is 52.4 Å². The number of aryl methyl sites for hydroxylation is 2. The molecule has 1 aliphatic rings. The lowest BCUT2D eigenvalue weighted by molar-refractivity contribution is 0.288. The minimum atomic E-state index is 0.114. The fourth-order valence-corrected chi connectivity index (χ4v) is 3.45. The number of rotatable bonds is 5. The first-order valence-electron chi connectivity index (χ1n) is 9.03. The van der Waals surface area contributed by atoms with Crippen LogP contribution in [-0.4, -0.2) is 44.7 Å². The molecule has 3 heteroatoms. The zero-order valence-electron chi connectivity index (χ0n) is 15.7. The van der Waals surface area contributed by atoms with Crippen LogP contribution in [0.3, 0.4) is 0 Å². The average Bonchev–Trinajstić information content (AvgIpc) is 2.74. The van der Waals surface area contributed by atoms with Gasteiger partial charge < -0.3 is 15.0 Å². The third-order valence-corrected chi connectivity index (χ3v) is 4.68. The summed E-state index contributed by atoms with van der Waals surface area (Å²) in [4.78, 5) is 2.59. The van der Waals surface area contributed by atoms with Crippen molar-refractivity contribution in [3.8, 4) is 5.75 Å². The second kappa shape index (κ2) is 8.16. The maximum Gasteiger partial charge on any atom is 0.125 e. The van der Waals surface area contributed by atoms with Crippen LogP contribution in [0.25, 0.3) is 0 Å². The largest absolute Gasteiger partial charge is 0.496 e. The van der Waals surface area contributed by atoms with E-state index in [2.05, 4.69) is 50.0 Å². The molecule has 1 aromatic rings. The van der Waals surface area contributed by atoms with E-state index in [-0.39, 0.29) is 5.41 Å². The van der Waals surface area contributed by atoms with Gasteiger partial charge in [-0.05, 0) is 56.8 Å². The normalized spacial score (nSPS) is 17.1. The number of hydrogen-bond donors (Lipinski definition) is 1.